The molecule has 1 fully saturated rings. The zero-order chi connectivity index (χ0) is 16.2. The van der Waals surface area contributed by atoms with E-state index in [-0.39, 0.29) is 12.2 Å². The number of amides is 1. The molecule has 1 aromatic heterocycles. The highest BCUT2D eigenvalue weighted by atomic mass is 16.6. The van der Waals surface area contributed by atoms with E-state index in [0.29, 0.717) is 24.7 Å². The summed E-state index contributed by atoms with van der Waals surface area (Å²) in [6, 6.07) is 3.51. The lowest BCUT2D eigenvalue weighted by Crippen LogP contribution is -2.46. The second-order valence-corrected chi connectivity index (χ2v) is 6.34. The molecule has 0 radical (unpaired) electrons. The van der Waals surface area contributed by atoms with E-state index in [4.69, 9.17) is 14.2 Å². The molecule has 0 aliphatic carbocycles. The molecular formula is C16H24N2O4. The van der Waals surface area contributed by atoms with Gasteiger partial charge in [0.05, 0.1) is 13.7 Å². The highest BCUT2D eigenvalue weighted by molar-refractivity contribution is 5.68. The average Bonchev–Trinajstić information content (AvgIpc) is 2.46. The van der Waals surface area contributed by atoms with Crippen LogP contribution in [0.25, 0.3) is 0 Å². The Kier molecular flexibility index (Phi) is 5.11. The number of nitrogens with zero attached hydrogens (tertiary/aromatic N) is 2. The SMILES string of the molecule is COc1ccnc(OC2CCCN(C(=O)OC(C)(C)C)C2)c1. The fourth-order valence-corrected chi connectivity index (χ4v) is 2.28. The minimum absolute atomic E-state index is 0.0825. The summed E-state index contributed by atoms with van der Waals surface area (Å²) in [6.07, 6.45) is 3.04. The standard InChI is InChI=1S/C16H24N2O4/c1-16(2,3)22-15(19)18-9-5-6-13(11-18)21-14-10-12(20-4)7-8-17-14/h7-8,10,13H,5-6,9,11H2,1-4H3. The minimum Gasteiger partial charge on any atom is -0.497 e. The third kappa shape index (κ3) is 4.79. The predicted octanol–water partition coefficient (Wildman–Crippen LogP) is 2.87. The molecular weight excluding hydrogens is 284 g/mol. The zero-order valence-corrected chi connectivity index (χ0v) is 13.7. The Morgan fingerprint density at radius 1 is 1.41 bits per heavy atom. The van der Waals surface area contributed by atoms with Crippen LogP contribution in [0.2, 0.25) is 0 Å². The first-order valence-electron chi connectivity index (χ1n) is 7.52. The van der Waals surface area contributed by atoms with E-state index in [0.717, 1.165) is 12.8 Å². The molecule has 22 heavy (non-hydrogen) atoms. The molecule has 1 aliphatic heterocycles. The van der Waals surface area contributed by atoms with Crippen molar-refractivity contribution in [2.45, 2.75) is 45.3 Å². The van der Waals surface area contributed by atoms with Crippen LogP contribution in [0.15, 0.2) is 18.3 Å². The maximum Gasteiger partial charge on any atom is 0.410 e. The number of likely N-dealkylation sites (tertiary alicyclic amines) is 1. The lowest BCUT2D eigenvalue weighted by molar-refractivity contribution is 0.00719. The number of hydrogen-bond donors (Lipinski definition) is 0. The van der Waals surface area contributed by atoms with Crippen molar-refractivity contribution < 1.29 is 19.0 Å². The summed E-state index contributed by atoms with van der Waals surface area (Å²) in [4.78, 5) is 18.0. The van der Waals surface area contributed by atoms with E-state index in [1.165, 1.54) is 0 Å². The summed E-state index contributed by atoms with van der Waals surface area (Å²) in [5.74, 6) is 1.21. The molecule has 2 heterocycles. The minimum atomic E-state index is -0.487. The Labute approximate surface area is 131 Å². The van der Waals surface area contributed by atoms with Gasteiger partial charge in [-0.15, -0.1) is 0 Å². The van der Waals surface area contributed by atoms with Crippen molar-refractivity contribution in [3.05, 3.63) is 18.3 Å². The van der Waals surface area contributed by atoms with E-state index >= 15 is 0 Å². The molecule has 6 heteroatoms. The summed E-state index contributed by atoms with van der Waals surface area (Å²) >= 11 is 0. The van der Waals surface area contributed by atoms with Crippen molar-refractivity contribution in [1.29, 1.82) is 0 Å². The van der Waals surface area contributed by atoms with Gasteiger partial charge in [-0.1, -0.05) is 0 Å². The Morgan fingerprint density at radius 3 is 2.86 bits per heavy atom. The molecule has 2 rings (SSSR count). The molecule has 1 unspecified atom stereocenters. The highest BCUT2D eigenvalue weighted by Crippen LogP contribution is 2.21. The highest BCUT2D eigenvalue weighted by Gasteiger charge is 2.28. The van der Waals surface area contributed by atoms with Crippen LogP contribution in [0.3, 0.4) is 0 Å². The number of ether oxygens (including phenoxy) is 3. The van der Waals surface area contributed by atoms with Crippen molar-refractivity contribution in [1.82, 2.24) is 9.88 Å². The molecule has 0 bridgehead atoms. The largest absolute Gasteiger partial charge is 0.497 e. The van der Waals surface area contributed by atoms with Crippen LogP contribution in [-0.4, -0.2) is 47.9 Å². The lowest BCUT2D eigenvalue weighted by atomic mass is 10.1. The van der Waals surface area contributed by atoms with Crippen LogP contribution < -0.4 is 9.47 Å². The molecule has 1 saturated heterocycles. The predicted molar refractivity (Wildman–Crippen MR) is 82.2 cm³/mol. The molecule has 6 nitrogen and oxygen atoms in total. The van der Waals surface area contributed by atoms with Gasteiger partial charge in [-0.05, 0) is 39.7 Å². The maximum absolute atomic E-state index is 12.1. The van der Waals surface area contributed by atoms with Crippen molar-refractivity contribution >= 4 is 6.09 Å². The molecule has 0 aromatic carbocycles. The third-order valence-corrected chi connectivity index (χ3v) is 3.26. The smallest absolute Gasteiger partial charge is 0.410 e. The first kappa shape index (κ1) is 16.4. The van der Waals surface area contributed by atoms with E-state index in [1.807, 2.05) is 20.8 Å². The third-order valence-electron chi connectivity index (χ3n) is 3.26. The first-order valence-corrected chi connectivity index (χ1v) is 7.52. The second kappa shape index (κ2) is 6.85. The molecule has 0 saturated carbocycles. The number of aromatic nitrogens is 1. The van der Waals surface area contributed by atoms with Gasteiger partial charge >= 0.3 is 6.09 Å². The van der Waals surface area contributed by atoms with Gasteiger partial charge in [0.1, 0.15) is 17.5 Å². The Morgan fingerprint density at radius 2 is 2.18 bits per heavy atom. The van der Waals surface area contributed by atoms with Gasteiger partial charge in [0.25, 0.3) is 0 Å². The van der Waals surface area contributed by atoms with Crippen LogP contribution in [0.5, 0.6) is 11.6 Å². The maximum atomic E-state index is 12.1. The molecule has 0 spiro atoms. The number of hydrogen-bond acceptors (Lipinski definition) is 5. The van der Waals surface area contributed by atoms with Crippen molar-refractivity contribution in [2.24, 2.45) is 0 Å². The zero-order valence-electron chi connectivity index (χ0n) is 13.7. The van der Waals surface area contributed by atoms with Gasteiger partial charge in [-0.2, -0.15) is 0 Å². The van der Waals surface area contributed by atoms with Gasteiger partial charge in [-0.25, -0.2) is 9.78 Å². The van der Waals surface area contributed by atoms with Gasteiger partial charge < -0.3 is 19.1 Å². The van der Waals surface area contributed by atoms with E-state index in [2.05, 4.69) is 4.98 Å². The number of carbonyl (C=O) groups excluding carboxylic acids is 1. The summed E-state index contributed by atoms with van der Waals surface area (Å²) in [7, 11) is 1.60. The van der Waals surface area contributed by atoms with Crippen LogP contribution >= 0.6 is 0 Å². The Hall–Kier alpha value is -1.98. The summed E-state index contributed by atoms with van der Waals surface area (Å²) in [5.41, 5.74) is -0.487. The second-order valence-electron chi connectivity index (χ2n) is 6.34. The van der Waals surface area contributed by atoms with E-state index in [9.17, 15) is 4.79 Å². The fourth-order valence-electron chi connectivity index (χ4n) is 2.28. The molecule has 1 atom stereocenters. The van der Waals surface area contributed by atoms with Crippen LogP contribution in [-0.2, 0) is 4.74 Å². The fraction of sp³-hybridized carbons (Fsp3) is 0.625. The molecule has 0 N–H and O–H groups in total. The normalized spacial score (nSPS) is 18.7. The first-order chi connectivity index (χ1) is 10.4. The molecule has 1 aromatic rings. The number of pyridine rings is 1. The number of methoxy groups -OCH3 is 1. The summed E-state index contributed by atoms with van der Waals surface area (Å²) in [5, 5.41) is 0. The molecule has 122 valence electrons. The van der Waals surface area contributed by atoms with Crippen molar-refractivity contribution in [2.75, 3.05) is 20.2 Å². The van der Waals surface area contributed by atoms with Gasteiger partial charge in [-0.3, -0.25) is 0 Å². The van der Waals surface area contributed by atoms with Gasteiger partial charge in [0, 0.05) is 18.8 Å². The molecule has 1 aliphatic rings. The van der Waals surface area contributed by atoms with Gasteiger partial charge in [0.2, 0.25) is 5.88 Å². The Balaban J connectivity index is 1.94. The summed E-state index contributed by atoms with van der Waals surface area (Å²) in [6.45, 7) is 6.79. The quantitative estimate of drug-likeness (QED) is 0.859. The number of carbonyl (C=O) groups is 1. The van der Waals surface area contributed by atoms with Crippen molar-refractivity contribution in [3.8, 4) is 11.6 Å². The molecule has 1 amide bonds. The van der Waals surface area contributed by atoms with Crippen molar-refractivity contribution in [3.63, 3.8) is 0 Å². The lowest BCUT2D eigenvalue weighted by Gasteiger charge is -2.33. The topological polar surface area (TPSA) is 60.9 Å². The summed E-state index contributed by atoms with van der Waals surface area (Å²) < 4.78 is 16.4. The number of rotatable bonds is 3. The van der Waals surface area contributed by atoms with E-state index in [1.54, 1.807) is 30.3 Å². The average molecular weight is 308 g/mol. The van der Waals surface area contributed by atoms with Crippen LogP contribution in [0, 0.1) is 0 Å². The van der Waals surface area contributed by atoms with E-state index < -0.39 is 5.60 Å². The number of piperidine rings is 1. The monoisotopic (exact) mass is 308 g/mol. The van der Waals surface area contributed by atoms with Gasteiger partial charge in [0.15, 0.2) is 0 Å². The van der Waals surface area contributed by atoms with Crippen LogP contribution in [0.4, 0.5) is 4.79 Å². The Bertz CT molecular complexity index is 513. The van der Waals surface area contributed by atoms with Crippen LogP contribution in [0.1, 0.15) is 33.6 Å².